The van der Waals surface area contributed by atoms with Gasteiger partial charge in [0, 0.05) is 22.5 Å². The first kappa shape index (κ1) is 32.4. The second-order valence-electron chi connectivity index (χ2n) is 13.2. The van der Waals surface area contributed by atoms with E-state index in [1.54, 1.807) is 0 Å². The van der Waals surface area contributed by atoms with Crippen LogP contribution in [0, 0.1) is 16.7 Å². The van der Waals surface area contributed by atoms with E-state index in [1.807, 2.05) is 91.1 Å². The Labute approximate surface area is 312 Å². The average Bonchev–Trinajstić information content (AvgIpc) is 3.62. The minimum Gasteiger partial charge on any atom is -0.456 e. The fourth-order valence-electron chi connectivity index (χ4n) is 6.91. The topological polar surface area (TPSA) is 88.9 Å². The number of aromatic nitrogens is 1. The molecule has 0 aliphatic rings. The molecule has 9 rings (SSSR count). The minimum atomic E-state index is 0.199. The molecular weight excluding hydrogens is 661 g/mol. The number of benzene rings is 7. The first-order valence-corrected chi connectivity index (χ1v) is 17.7. The van der Waals surface area contributed by atoms with Crippen LogP contribution in [0.3, 0.4) is 0 Å². The molecule has 0 aliphatic heterocycles. The molecular formula is C49H32N4O. The molecule has 2 heterocycles. The second-order valence-corrected chi connectivity index (χ2v) is 13.2. The maximum atomic E-state index is 9.18. The van der Waals surface area contributed by atoms with E-state index in [4.69, 9.17) is 9.83 Å². The standard InChI is InChI=1S/C49H32N4O/c50-30-32-9-11-36(12-10-32)40-21-24-46-44(28-40)45-29-41(22-25-47(45)54-46)38-19-15-35(16-20-38)34-13-17-37(18-14-34)39-7-4-8-42(27-39)49(51)53-48-26-23-43(31-52-48)33-5-2-1-3-6-33/h1-29,31H,(H2,51,52,53). The van der Waals surface area contributed by atoms with E-state index in [0.717, 1.165) is 83.1 Å². The summed E-state index contributed by atoms with van der Waals surface area (Å²) >= 11 is 0. The highest BCUT2D eigenvalue weighted by molar-refractivity contribution is 6.07. The lowest BCUT2D eigenvalue weighted by Crippen LogP contribution is -2.10. The summed E-state index contributed by atoms with van der Waals surface area (Å²) in [5, 5.41) is 20.0. The Balaban J connectivity index is 0.922. The van der Waals surface area contributed by atoms with Crippen LogP contribution in [-0.4, -0.2) is 10.8 Å². The van der Waals surface area contributed by atoms with Gasteiger partial charge in [-0.1, -0.05) is 121 Å². The number of pyridine rings is 1. The molecule has 0 bridgehead atoms. The zero-order valence-electron chi connectivity index (χ0n) is 29.1. The van der Waals surface area contributed by atoms with Gasteiger partial charge in [0.05, 0.1) is 11.6 Å². The number of rotatable bonds is 6. The van der Waals surface area contributed by atoms with Crippen LogP contribution >= 0.6 is 0 Å². The van der Waals surface area contributed by atoms with Crippen molar-refractivity contribution in [2.45, 2.75) is 0 Å². The van der Waals surface area contributed by atoms with Crippen LogP contribution in [0.1, 0.15) is 11.1 Å². The third-order valence-corrected chi connectivity index (χ3v) is 9.86. The molecule has 0 spiro atoms. The molecule has 5 heteroatoms. The highest BCUT2D eigenvalue weighted by Crippen LogP contribution is 2.36. The molecule has 0 unspecified atom stereocenters. The Kier molecular flexibility index (Phi) is 8.32. The largest absolute Gasteiger partial charge is 0.456 e. The number of nitrogens with zero attached hydrogens (tertiary/aromatic N) is 2. The van der Waals surface area contributed by atoms with Crippen molar-refractivity contribution in [3.63, 3.8) is 0 Å². The van der Waals surface area contributed by atoms with E-state index < -0.39 is 0 Å². The summed E-state index contributed by atoms with van der Waals surface area (Å²) in [4.78, 5) is 7.76. The fraction of sp³-hybridized carbons (Fsp3) is 0. The van der Waals surface area contributed by atoms with Gasteiger partial charge in [-0.25, -0.2) is 4.99 Å². The Morgan fingerprint density at radius 2 is 0.944 bits per heavy atom. The van der Waals surface area contributed by atoms with Crippen LogP contribution < -0.4 is 5.49 Å². The molecule has 7 aromatic carbocycles. The van der Waals surface area contributed by atoms with Crippen LogP contribution in [0.2, 0.25) is 0 Å². The Morgan fingerprint density at radius 3 is 1.48 bits per heavy atom. The maximum absolute atomic E-state index is 9.18. The van der Waals surface area contributed by atoms with Crippen LogP contribution in [0.4, 0.5) is 0 Å². The Bertz CT molecular complexity index is 2910. The van der Waals surface area contributed by atoms with E-state index in [1.165, 1.54) is 0 Å². The zero-order chi connectivity index (χ0) is 36.4. The van der Waals surface area contributed by atoms with Crippen molar-refractivity contribution < 1.29 is 4.42 Å². The van der Waals surface area contributed by atoms with Crippen molar-refractivity contribution in [1.29, 1.82) is 10.7 Å². The molecule has 0 saturated heterocycles. The Morgan fingerprint density at radius 1 is 0.481 bits per heavy atom. The molecule has 2 N–H and O–H groups in total. The van der Waals surface area contributed by atoms with Crippen molar-refractivity contribution in [3.05, 3.63) is 199 Å². The van der Waals surface area contributed by atoms with E-state index in [2.05, 4.69) is 107 Å². The summed E-state index contributed by atoms with van der Waals surface area (Å²) in [5.74, 6) is 0.199. The lowest BCUT2D eigenvalue weighted by Gasteiger charge is -2.08. The SMILES string of the molecule is N#Cc1ccc(-c2ccc3oc4ccc(-c5ccc(-c6ccc(-c7cccc(C(=N)/N=c8/ccc(-c9ccccc9)c[nH]8)c7)cc6)cc5)cc4c3c2)cc1. The first-order valence-electron chi connectivity index (χ1n) is 17.7. The number of furan rings is 1. The monoisotopic (exact) mass is 692 g/mol. The van der Waals surface area contributed by atoms with Gasteiger partial charge in [-0.3, -0.25) is 5.41 Å². The minimum absolute atomic E-state index is 0.199. The molecule has 2 aromatic heterocycles. The Hall–Kier alpha value is -7.55. The van der Waals surface area contributed by atoms with Gasteiger partial charge in [-0.15, -0.1) is 0 Å². The summed E-state index contributed by atoms with van der Waals surface area (Å²) in [6, 6.07) is 61.7. The number of H-pyrrole nitrogens is 1. The van der Waals surface area contributed by atoms with Gasteiger partial charge < -0.3 is 9.40 Å². The van der Waals surface area contributed by atoms with Crippen molar-refractivity contribution in [1.82, 2.24) is 4.98 Å². The summed E-state index contributed by atoms with van der Waals surface area (Å²) in [6.07, 6.45) is 1.92. The first-order chi connectivity index (χ1) is 26.6. The van der Waals surface area contributed by atoms with E-state index >= 15 is 0 Å². The molecule has 0 saturated carbocycles. The zero-order valence-corrected chi connectivity index (χ0v) is 29.1. The van der Waals surface area contributed by atoms with Crippen LogP contribution in [-0.2, 0) is 0 Å². The number of nitriles is 1. The molecule has 5 nitrogen and oxygen atoms in total. The number of aromatic amines is 1. The van der Waals surface area contributed by atoms with Gasteiger partial charge in [-0.2, -0.15) is 5.26 Å². The quantitative estimate of drug-likeness (QED) is 0.134. The summed E-state index contributed by atoms with van der Waals surface area (Å²) in [5.41, 5.74) is 14.7. The second kappa shape index (κ2) is 13.9. The third-order valence-electron chi connectivity index (χ3n) is 9.86. The summed E-state index contributed by atoms with van der Waals surface area (Å²) in [7, 11) is 0. The lowest BCUT2D eigenvalue weighted by atomic mass is 9.96. The van der Waals surface area contributed by atoms with Gasteiger partial charge in [0.1, 0.15) is 16.7 Å². The number of fused-ring (bicyclic) bond motifs is 3. The molecule has 0 aliphatic carbocycles. The fourth-order valence-corrected chi connectivity index (χ4v) is 6.91. The summed E-state index contributed by atoms with van der Waals surface area (Å²) in [6.45, 7) is 0. The predicted octanol–water partition coefficient (Wildman–Crippen LogP) is 12.0. The van der Waals surface area contributed by atoms with E-state index in [9.17, 15) is 5.26 Å². The van der Waals surface area contributed by atoms with E-state index in [0.29, 0.717) is 11.1 Å². The smallest absolute Gasteiger partial charge is 0.154 e. The maximum Gasteiger partial charge on any atom is 0.154 e. The van der Waals surface area contributed by atoms with E-state index in [-0.39, 0.29) is 5.84 Å². The van der Waals surface area contributed by atoms with Gasteiger partial charge in [-0.05, 0) is 110 Å². The predicted molar refractivity (Wildman–Crippen MR) is 219 cm³/mol. The van der Waals surface area contributed by atoms with Crippen molar-refractivity contribution >= 4 is 27.8 Å². The van der Waals surface area contributed by atoms with Gasteiger partial charge >= 0.3 is 0 Å². The summed E-state index contributed by atoms with van der Waals surface area (Å²) < 4.78 is 6.19. The van der Waals surface area contributed by atoms with Crippen LogP contribution in [0.5, 0.6) is 0 Å². The van der Waals surface area contributed by atoms with Crippen molar-refractivity contribution in [2.24, 2.45) is 4.99 Å². The van der Waals surface area contributed by atoms with Gasteiger partial charge in [0.25, 0.3) is 0 Å². The normalized spacial score (nSPS) is 11.5. The molecule has 9 aromatic rings. The molecule has 254 valence electrons. The average molecular weight is 693 g/mol. The molecule has 0 radical (unpaired) electrons. The lowest BCUT2D eigenvalue weighted by molar-refractivity contribution is 0.669. The third kappa shape index (κ3) is 6.41. The number of amidine groups is 1. The highest BCUT2D eigenvalue weighted by atomic mass is 16.3. The van der Waals surface area contributed by atoms with Gasteiger partial charge in [0.15, 0.2) is 5.84 Å². The molecule has 0 atom stereocenters. The van der Waals surface area contributed by atoms with Crippen molar-refractivity contribution in [2.75, 3.05) is 0 Å². The van der Waals surface area contributed by atoms with Gasteiger partial charge in [0.2, 0.25) is 0 Å². The number of hydrogen-bond acceptors (Lipinski definition) is 3. The van der Waals surface area contributed by atoms with Crippen LogP contribution in [0.25, 0.3) is 77.6 Å². The number of nitrogens with one attached hydrogen (secondary N) is 2. The number of hydrogen-bond donors (Lipinski definition) is 2. The van der Waals surface area contributed by atoms with Crippen LogP contribution in [0.15, 0.2) is 192 Å². The van der Waals surface area contributed by atoms with Crippen molar-refractivity contribution in [3.8, 4) is 61.7 Å². The molecule has 0 amide bonds. The molecule has 0 fully saturated rings. The molecule has 54 heavy (non-hydrogen) atoms. The highest BCUT2D eigenvalue weighted by Gasteiger charge is 2.11.